The van der Waals surface area contributed by atoms with Gasteiger partial charge in [-0.15, -0.1) is 0 Å². The monoisotopic (exact) mass is 293 g/mol. The summed E-state index contributed by atoms with van der Waals surface area (Å²) in [6, 6.07) is 6.93. The second kappa shape index (κ2) is 8.98. The van der Waals surface area contributed by atoms with Gasteiger partial charge in [-0.3, -0.25) is 0 Å². The van der Waals surface area contributed by atoms with Crippen molar-refractivity contribution in [1.29, 1.82) is 0 Å². The average molecular weight is 293 g/mol. The summed E-state index contributed by atoms with van der Waals surface area (Å²) in [6.07, 6.45) is 2.22. The molecule has 3 nitrogen and oxygen atoms in total. The van der Waals surface area contributed by atoms with Gasteiger partial charge in [0.1, 0.15) is 0 Å². The van der Waals surface area contributed by atoms with E-state index < -0.39 is 11.7 Å². The summed E-state index contributed by atoms with van der Waals surface area (Å²) in [5, 5.41) is 20.8. The van der Waals surface area contributed by atoms with Gasteiger partial charge in [0, 0.05) is 0 Å². The SMILES string of the molecule is [2H]/C(=C(/[2H])C(O)(CCC)CCC)c1cccc(C(O)CCN)c1. The summed E-state index contributed by atoms with van der Waals surface area (Å²) in [5.41, 5.74) is 5.43. The normalized spacial score (nSPS) is 16.0. The van der Waals surface area contributed by atoms with Gasteiger partial charge in [-0.2, -0.15) is 0 Å². The van der Waals surface area contributed by atoms with Crippen molar-refractivity contribution in [1.82, 2.24) is 0 Å². The molecule has 1 aromatic carbocycles. The molecule has 0 saturated heterocycles. The Morgan fingerprint density at radius 2 is 2.00 bits per heavy atom. The molecule has 1 unspecified atom stereocenters. The minimum atomic E-state index is -1.26. The molecule has 0 spiro atoms. The van der Waals surface area contributed by atoms with E-state index in [1.807, 2.05) is 13.8 Å². The molecule has 0 bridgehead atoms. The highest BCUT2D eigenvalue weighted by atomic mass is 16.3. The van der Waals surface area contributed by atoms with Gasteiger partial charge in [0.05, 0.1) is 14.4 Å². The zero-order valence-corrected chi connectivity index (χ0v) is 13.1. The molecule has 0 heterocycles. The summed E-state index contributed by atoms with van der Waals surface area (Å²) < 4.78 is 16.6. The number of hydrogen-bond acceptors (Lipinski definition) is 3. The number of benzene rings is 1. The van der Waals surface area contributed by atoms with Gasteiger partial charge in [0.2, 0.25) is 0 Å². The molecule has 0 aromatic heterocycles. The largest absolute Gasteiger partial charge is 0.388 e. The maximum atomic E-state index is 10.7. The second-order valence-electron chi connectivity index (χ2n) is 5.50. The molecule has 1 rings (SSSR count). The molecular formula is C18H29NO2. The van der Waals surface area contributed by atoms with Crippen LogP contribution < -0.4 is 5.73 Å². The molecule has 1 aromatic rings. The predicted octanol–water partition coefficient (Wildman–Crippen LogP) is 3.41. The molecule has 0 aliphatic carbocycles. The van der Waals surface area contributed by atoms with E-state index in [9.17, 15) is 10.2 Å². The summed E-state index contributed by atoms with van der Waals surface area (Å²) in [4.78, 5) is 0. The molecule has 0 aliphatic heterocycles. The van der Waals surface area contributed by atoms with Crippen LogP contribution in [0, 0.1) is 0 Å². The summed E-state index contributed by atoms with van der Waals surface area (Å²) in [5.74, 6) is 0. The number of nitrogens with two attached hydrogens (primary N) is 1. The van der Waals surface area contributed by atoms with Gasteiger partial charge in [0.15, 0.2) is 0 Å². The number of hydrogen-bond donors (Lipinski definition) is 3. The first kappa shape index (κ1) is 14.8. The van der Waals surface area contributed by atoms with Gasteiger partial charge in [-0.05, 0) is 43.0 Å². The Bertz CT molecular complexity index is 526. The maximum absolute atomic E-state index is 10.7. The molecule has 3 heteroatoms. The lowest BCUT2D eigenvalue weighted by molar-refractivity contribution is 0.0714. The summed E-state index contributed by atoms with van der Waals surface area (Å²) in [6.45, 7) is 4.30. The van der Waals surface area contributed by atoms with E-state index >= 15 is 0 Å². The first-order valence-corrected chi connectivity index (χ1v) is 7.78. The fraction of sp³-hybridized carbons (Fsp3) is 0.556. The molecule has 0 amide bonds. The zero-order valence-electron chi connectivity index (χ0n) is 15.1. The lowest BCUT2D eigenvalue weighted by Crippen LogP contribution is -2.24. The Hall–Kier alpha value is -1.16. The molecule has 118 valence electrons. The van der Waals surface area contributed by atoms with Crippen LogP contribution in [0.5, 0.6) is 0 Å². The van der Waals surface area contributed by atoms with Crippen LogP contribution in [0.15, 0.2) is 30.3 Å². The van der Waals surface area contributed by atoms with Crippen LogP contribution in [0.3, 0.4) is 0 Å². The van der Waals surface area contributed by atoms with Crippen LogP contribution in [-0.2, 0) is 0 Å². The van der Waals surface area contributed by atoms with Crippen LogP contribution in [0.25, 0.3) is 6.05 Å². The Morgan fingerprint density at radius 1 is 1.33 bits per heavy atom. The van der Waals surface area contributed by atoms with Crippen molar-refractivity contribution in [3.8, 4) is 0 Å². The molecule has 21 heavy (non-hydrogen) atoms. The number of aliphatic hydroxyl groups excluding tert-OH is 1. The zero-order chi connectivity index (χ0) is 17.5. The topological polar surface area (TPSA) is 66.5 Å². The minimum Gasteiger partial charge on any atom is -0.388 e. The highest BCUT2D eigenvalue weighted by Crippen LogP contribution is 2.23. The predicted molar refractivity (Wildman–Crippen MR) is 88.9 cm³/mol. The van der Waals surface area contributed by atoms with Crippen molar-refractivity contribution < 1.29 is 13.0 Å². The van der Waals surface area contributed by atoms with Crippen molar-refractivity contribution in [3.05, 3.63) is 41.4 Å². The van der Waals surface area contributed by atoms with Gasteiger partial charge in [0.25, 0.3) is 0 Å². The van der Waals surface area contributed by atoms with Gasteiger partial charge in [-0.25, -0.2) is 0 Å². The van der Waals surface area contributed by atoms with E-state index in [0.29, 0.717) is 36.9 Å². The van der Waals surface area contributed by atoms with Gasteiger partial charge in [-0.1, -0.05) is 57.0 Å². The molecule has 1 atom stereocenters. The lowest BCUT2D eigenvalue weighted by Gasteiger charge is -2.23. The van der Waals surface area contributed by atoms with Gasteiger partial charge >= 0.3 is 0 Å². The fourth-order valence-electron chi connectivity index (χ4n) is 2.41. The third-order valence-electron chi connectivity index (χ3n) is 3.48. The van der Waals surface area contributed by atoms with Crippen LogP contribution in [0.4, 0.5) is 0 Å². The fourth-order valence-corrected chi connectivity index (χ4v) is 2.41. The molecule has 0 saturated carbocycles. The lowest BCUT2D eigenvalue weighted by atomic mass is 9.91. The van der Waals surface area contributed by atoms with E-state index in [4.69, 9.17) is 8.48 Å². The standard InChI is InChI=1S/C18H29NO2/c1-3-10-18(21,11-4-2)12-8-15-6-5-7-16(14-15)17(20)9-13-19/h5-8,12,14,17,20-21H,3-4,9-11,13,19H2,1-2H3/b12-8+/i8D,12D. The summed E-state index contributed by atoms with van der Waals surface area (Å²) in [7, 11) is 0. The third kappa shape index (κ3) is 6.00. The summed E-state index contributed by atoms with van der Waals surface area (Å²) >= 11 is 0. The highest BCUT2D eigenvalue weighted by molar-refractivity contribution is 5.52. The third-order valence-corrected chi connectivity index (χ3v) is 3.48. The second-order valence-corrected chi connectivity index (χ2v) is 5.50. The van der Waals surface area contributed by atoms with Crippen molar-refractivity contribution >= 4 is 6.05 Å². The first-order valence-electron chi connectivity index (χ1n) is 8.78. The van der Waals surface area contributed by atoms with Crippen molar-refractivity contribution in [2.45, 2.75) is 57.7 Å². The van der Waals surface area contributed by atoms with Crippen LogP contribution in [0.2, 0.25) is 0 Å². The molecule has 4 N–H and O–H groups in total. The van der Waals surface area contributed by atoms with E-state index in [2.05, 4.69) is 0 Å². The van der Waals surface area contributed by atoms with Crippen molar-refractivity contribution in [2.75, 3.05) is 6.54 Å². The Balaban J connectivity index is 3.19. The minimum absolute atomic E-state index is 0.0104. The molecular weight excluding hydrogens is 262 g/mol. The first-order chi connectivity index (χ1) is 10.9. The molecule has 0 aliphatic rings. The Labute approximate surface area is 131 Å². The van der Waals surface area contributed by atoms with E-state index in [-0.39, 0.29) is 12.1 Å². The van der Waals surface area contributed by atoms with E-state index in [0.717, 1.165) is 12.8 Å². The average Bonchev–Trinajstić information content (AvgIpc) is 2.54. The van der Waals surface area contributed by atoms with Crippen LogP contribution in [-0.4, -0.2) is 22.4 Å². The quantitative estimate of drug-likeness (QED) is 0.653. The van der Waals surface area contributed by atoms with Crippen LogP contribution >= 0.6 is 0 Å². The maximum Gasteiger partial charge on any atom is 0.0830 e. The smallest absolute Gasteiger partial charge is 0.0830 e. The van der Waals surface area contributed by atoms with Crippen molar-refractivity contribution in [3.63, 3.8) is 0 Å². The van der Waals surface area contributed by atoms with E-state index in [1.165, 1.54) is 0 Å². The Morgan fingerprint density at radius 3 is 2.57 bits per heavy atom. The number of rotatable bonds is 9. The van der Waals surface area contributed by atoms with Crippen LogP contribution in [0.1, 0.15) is 65.9 Å². The van der Waals surface area contributed by atoms with E-state index in [1.54, 1.807) is 24.3 Å². The highest BCUT2D eigenvalue weighted by Gasteiger charge is 2.20. The van der Waals surface area contributed by atoms with Gasteiger partial charge < -0.3 is 15.9 Å². The number of aliphatic hydroxyl groups is 2. The Kier molecular flexibility index (Phi) is 6.31. The molecule has 0 fully saturated rings. The van der Waals surface area contributed by atoms with Crippen molar-refractivity contribution in [2.24, 2.45) is 5.73 Å². The molecule has 0 radical (unpaired) electrons.